The molecule has 0 aliphatic heterocycles. The van der Waals surface area contributed by atoms with Crippen LogP contribution in [0.2, 0.25) is 0 Å². The summed E-state index contributed by atoms with van der Waals surface area (Å²) in [6.07, 6.45) is 1.04. The first-order valence-electron chi connectivity index (χ1n) is 6.69. The lowest BCUT2D eigenvalue weighted by atomic mass is 9.96. The SMILES string of the molecule is CCC(NC)c1cccc(-c2ccc(F)cc2C)c1. The van der Waals surface area contributed by atoms with Gasteiger partial charge >= 0.3 is 0 Å². The Hall–Kier alpha value is -1.67. The molecule has 100 valence electrons. The maximum absolute atomic E-state index is 13.2. The summed E-state index contributed by atoms with van der Waals surface area (Å²) < 4.78 is 13.2. The molecule has 0 radical (unpaired) electrons. The molecule has 0 fully saturated rings. The Morgan fingerprint density at radius 3 is 2.58 bits per heavy atom. The molecule has 0 aromatic heterocycles. The van der Waals surface area contributed by atoms with Gasteiger partial charge in [0.05, 0.1) is 0 Å². The molecule has 0 aliphatic rings. The van der Waals surface area contributed by atoms with Gasteiger partial charge in [-0.05, 0) is 60.8 Å². The van der Waals surface area contributed by atoms with E-state index in [4.69, 9.17) is 0 Å². The van der Waals surface area contributed by atoms with Crippen LogP contribution in [0.3, 0.4) is 0 Å². The minimum Gasteiger partial charge on any atom is -0.313 e. The molecule has 0 amide bonds. The number of hydrogen-bond donors (Lipinski definition) is 1. The second-order valence-corrected chi connectivity index (χ2v) is 4.83. The molecule has 0 spiro atoms. The van der Waals surface area contributed by atoms with Gasteiger partial charge in [0.15, 0.2) is 0 Å². The van der Waals surface area contributed by atoms with Crippen molar-refractivity contribution in [3.8, 4) is 11.1 Å². The topological polar surface area (TPSA) is 12.0 Å². The second-order valence-electron chi connectivity index (χ2n) is 4.83. The molecule has 0 bridgehead atoms. The van der Waals surface area contributed by atoms with Crippen LogP contribution in [0.4, 0.5) is 4.39 Å². The highest BCUT2D eigenvalue weighted by Crippen LogP contribution is 2.27. The van der Waals surface area contributed by atoms with Crippen molar-refractivity contribution in [2.45, 2.75) is 26.3 Å². The molecule has 0 saturated carbocycles. The van der Waals surface area contributed by atoms with Gasteiger partial charge in [-0.3, -0.25) is 0 Å². The minimum atomic E-state index is -0.181. The first-order chi connectivity index (χ1) is 9.15. The largest absolute Gasteiger partial charge is 0.313 e. The molecular weight excluding hydrogens is 237 g/mol. The Morgan fingerprint density at radius 2 is 1.95 bits per heavy atom. The zero-order valence-corrected chi connectivity index (χ0v) is 11.7. The lowest BCUT2D eigenvalue weighted by Crippen LogP contribution is -2.15. The van der Waals surface area contributed by atoms with Crippen molar-refractivity contribution < 1.29 is 4.39 Å². The highest BCUT2D eigenvalue weighted by Gasteiger charge is 2.09. The van der Waals surface area contributed by atoms with Crippen LogP contribution < -0.4 is 5.32 Å². The van der Waals surface area contributed by atoms with Crippen molar-refractivity contribution in [2.75, 3.05) is 7.05 Å². The van der Waals surface area contributed by atoms with Crippen molar-refractivity contribution in [1.29, 1.82) is 0 Å². The van der Waals surface area contributed by atoms with Crippen LogP contribution >= 0.6 is 0 Å². The number of benzene rings is 2. The van der Waals surface area contributed by atoms with E-state index < -0.39 is 0 Å². The van der Waals surface area contributed by atoms with Gasteiger partial charge in [-0.1, -0.05) is 31.2 Å². The van der Waals surface area contributed by atoms with Crippen LogP contribution in [0.1, 0.15) is 30.5 Å². The van der Waals surface area contributed by atoms with Crippen molar-refractivity contribution in [1.82, 2.24) is 5.32 Å². The normalized spacial score (nSPS) is 12.4. The van der Waals surface area contributed by atoms with Gasteiger partial charge in [0.25, 0.3) is 0 Å². The first-order valence-corrected chi connectivity index (χ1v) is 6.69. The average molecular weight is 257 g/mol. The Bertz CT molecular complexity index is 559. The third-order valence-electron chi connectivity index (χ3n) is 3.55. The molecular formula is C17H20FN. The van der Waals surface area contributed by atoms with Crippen molar-refractivity contribution >= 4 is 0 Å². The molecule has 2 rings (SSSR count). The van der Waals surface area contributed by atoms with Crippen LogP contribution in [-0.4, -0.2) is 7.05 Å². The first kappa shape index (κ1) is 13.8. The Kier molecular flexibility index (Phi) is 4.33. The zero-order valence-electron chi connectivity index (χ0n) is 11.7. The summed E-state index contributed by atoms with van der Waals surface area (Å²) in [7, 11) is 1.98. The summed E-state index contributed by atoms with van der Waals surface area (Å²) in [5.74, 6) is -0.181. The lowest BCUT2D eigenvalue weighted by Gasteiger charge is -2.16. The van der Waals surface area contributed by atoms with E-state index >= 15 is 0 Å². The number of rotatable bonds is 4. The standard InChI is InChI=1S/C17H20FN/c1-4-17(19-3)14-7-5-6-13(11-14)16-9-8-15(18)10-12(16)2/h5-11,17,19H,4H2,1-3H3. The van der Waals surface area contributed by atoms with Crippen molar-refractivity contribution in [3.05, 3.63) is 59.4 Å². The van der Waals surface area contributed by atoms with Crippen molar-refractivity contribution in [3.63, 3.8) is 0 Å². The molecule has 1 atom stereocenters. The molecule has 19 heavy (non-hydrogen) atoms. The number of aryl methyl sites for hydroxylation is 1. The highest BCUT2D eigenvalue weighted by molar-refractivity contribution is 5.67. The van der Waals surface area contributed by atoms with E-state index in [-0.39, 0.29) is 5.82 Å². The summed E-state index contributed by atoms with van der Waals surface area (Å²) >= 11 is 0. The Morgan fingerprint density at radius 1 is 1.16 bits per heavy atom. The van der Waals surface area contributed by atoms with E-state index in [0.29, 0.717) is 6.04 Å². The van der Waals surface area contributed by atoms with Gasteiger partial charge in [0.2, 0.25) is 0 Å². The summed E-state index contributed by atoms with van der Waals surface area (Å²) in [5, 5.41) is 3.31. The fourth-order valence-electron chi connectivity index (χ4n) is 2.48. The van der Waals surface area contributed by atoms with Gasteiger partial charge < -0.3 is 5.32 Å². The van der Waals surface area contributed by atoms with Crippen LogP contribution in [0.25, 0.3) is 11.1 Å². The molecule has 0 aliphatic carbocycles. The molecule has 2 aromatic rings. The molecule has 1 N–H and O–H groups in total. The van der Waals surface area contributed by atoms with E-state index in [1.165, 1.54) is 11.6 Å². The quantitative estimate of drug-likeness (QED) is 0.852. The van der Waals surface area contributed by atoms with Crippen molar-refractivity contribution in [2.24, 2.45) is 0 Å². The van der Waals surface area contributed by atoms with E-state index in [0.717, 1.165) is 23.1 Å². The average Bonchev–Trinajstić information content (AvgIpc) is 2.40. The van der Waals surface area contributed by atoms with Gasteiger partial charge in [0, 0.05) is 6.04 Å². The Balaban J connectivity index is 2.43. The maximum atomic E-state index is 13.2. The number of nitrogens with one attached hydrogen (secondary N) is 1. The Labute approximate surface area is 114 Å². The summed E-state index contributed by atoms with van der Waals surface area (Å²) in [6, 6.07) is 13.8. The van der Waals surface area contributed by atoms with E-state index in [2.05, 4.69) is 36.5 Å². The van der Waals surface area contributed by atoms with E-state index in [1.807, 2.05) is 20.0 Å². The highest BCUT2D eigenvalue weighted by atomic mass is 19.1. The van der Waals surface area contributed by atoms with Crippen LogP contribution in [0, 0.1) is 12.7 Å². The van der Waals surface area contributed by atoms with Crippen LogP contribution in [0.5, 0.6) is 0 Å². The number of hydrogen-bond acceptors (Lipinski definition) is 1. The maximum Gasteiger partial charge on any atom is 0.123 e. The summed E-state index contributed by atoms with van der Waals surface area (Å²) in [5.41, 5.74) is 4.47. The van der Waals surface area contributed by atoms with E-state index in [9.17, 15) is 4.39 Å². The molecule has 0 saturated heterocycles. The van der Waals surface area contributed by atoms with Crippen LogP contribution in [-0.2, 0) is 0 Å². The summed E-state index contributed by atoms with van der Waals surface area (Å²) in [4.78, 5) is 0. The third kappa shape index (κ3) is 3.02. The predicted molar refractivity (Wildman–Crippen MR) is 78.7 cm³/mol. The van der Waals surface area contributed by atoms with Gasteiger partial charge in [-0.2, -0.15) is 0 Å². The van der Waals surface area contributed by atoms with Gasteiger partial charge in [-0.15, -0.1) is 0 Å². The molecule has 1 unspecified atom stereocenters. The fraction of sp³-hybridized carbons (Fsp3) is 0.294. The predicted octanol–water partition coefficient (Wildman–Crippen LogP) is 4.47. The number of halogens is 1. The second kappa shape index (κ2) is 5.98. The fourth-order valence-corrected chi connectivity index (χ4v) is 2.48. The monoisotopic (exact) mass is 257 g/mol. The molecule has 2 aromatic carbocycles. The van der Waals surface area contributed by atoms with E-state index in [1.54, 1.807) is 6.07 Å². The summed E-state index contributed by atoms with van der Waals surface area (Å²) in [6.45, 7) is 4.11. The molecule has 0 heterocycles. The van der Waals surface area contributed by atoms with Gasteiger partial charge in [-0.25, -0.2) is 4.39 Å². The smallest absolute Gasteiger partial charge is 0.123 e. The van der Waals surface area contributed by atoms with Crippen LogP contribution in [0.15, 0.2) is 42.5 Å². The zero-order chi connectivity index (χ0) is 13.8. The third-order valence-corrected chi connectivity index (χ3v) is 3.55. The molecule has 1 nitrogen and oxygen atoms in total. The minimum absolute atomic E-state index is 0.181. The van der Waals surface area contributed by atoms with Gasteiger partial charge in [0.1, 0.15) is 5.82 Å². The lowest BCUT2D eigenvalue weighted by molar-refractivity contribution is 0.577. The molecule has 2 heteroatoms.